The molecule has 154 valence electrons. The van der Waals surface area contributed by atoms with Gasteiger partial charge in [-0.05, 0) is 46.0 Å². The third-order valence-electron chi connectivity index (χ3n) is 3.94. The zero-order chi connectivity index (χ0) is 20.8. The Morgan fingerprint density at radius 1 is 1.22 bits per heavy atom. The van der Waals surface area contributed by atoms with Crippen molar-refractivity contribution in [1.82, 2.24) is 15.5 Å². The van der Waals surface area contributed by atoms with E-state index in [1.54, 1.807) is 20.8 Å². The topological polar surface area (TPSA) is 125 Å². The second kappa shape index (κ2) is 9.57. The van der Waals surface area contributed by atoms with E-state index in [-0.39, 0.29) is 5.92 Å². The molecule has 1 rings (SSSR count). The van der Waals surface area contributed by atoms with Crippen molar-refractivity contribution in [1.29, 1.82) is 0 Å². The van der Waals surface area contributed by atoms with Crippen molar-refractivity contribution in [2.24, 2.45) is 5.92 Å². The van der Waals surface area contributed by atoms with Gasteiger partial charge in [0.25, 0.3) is 0 Å². The van der Waals surface area contributed by atoms with Crippen LogP contribution in [-0.4, -0.2) is 64.7 Å². The molecule has 3 amide bonds. The van der Waals surface area contributed by atoms with Gasteiger partial charge in [0.1, 0.15) is 24.2 Å². The molecule has 9 heteroatoms. The van der Waals surface area contributed by atoms with Crippen molar-refractivity contribution < 1.29 is 29.0 Å². The van der Waals surface area contributed by atoms with Crippen LogP contribution in [0.4, 0.5) is 4.79 Å². The van der Waals surface area contributed by atoms with E-state index in [1.807, 2.05) is 13.8 Å². The summed E-state index contributed by atoms with van der Waals surface area (Å²) in [7, 11) is 0. The minimum absolute atomic E-state index is 0.108. The summed E-state index contributed by atoms with van der Waals surface area (Å²) in [4.78, 5) is 49.3. The molecule has 0 radical (unpaired) electrons. The van der Waals surface area contributed by atoms with Crippen LogP contribution in [0.1, 0.15) is 53.9 Å². The van der Waals surface area contributed by atoms with E-state index >= 15 is 0 Å². The Kier molecular flexibility index (Phi) is 8.05. The number of nitrogens with one attached hydrogen (secondary N) is 2. The summed E-state index contributed by atoms with van der Waals surface area (Å²) in [6, 6.07) is -1.57. The maximum Gasteiger partial charge on any atom is 0.410 e. The fraction of sp³-hybridized carbons (Fsp3) is 0.778. The summed E-state index contributed by atoms with van der Waals surface area (Å²) < 4.78 is 5.35. The smallest absolute Gasteiger partial charge is 0.410 e. The number of carbonyl (C=O) groups is 4. The van der Waals surface area contributed by atoms with Gasteiger partial charge in [0.15, 0.2) is 0 Å². The van der Waals surface area contributed by atoms with Gasteiger partial charge in [0.2, 0.25) is 11.8 Å². The highest BCUT2D eigenvalue weighted by molar-refractivity contribution is 5.92. The van der Waals surface area contributed by atoms with Crippen LogP contribution in [0.2, 0.25) is 0 Å². The molecule has 0 spiro atoms. The van der Waals surface area contributed by atoms with Gasteiger partial charge in [-0.2, -0.15) is 0 Å². The van der Waals surface area contributed by atoms with Gasteiger partial charge in [-0.25, -0.2) is 4.79 Å². The Morgan fingerprint density at radius 3 is 2.37 bits per heavy atom. The number of likely N-dealkylation sites (tertiary alicyclic amines) is 1. The van der Waals surface area contributed by atoms with Gasteiger partial charge >= 0.3 is 12.1 Å². The molecular weight excluding hydrogens is 354 g/mol. The number of hydrogen-bond donors (Lipinski definition) is 3. The maximum absolute atomic E-state index is 12.7. The summed E-state index contributed by atoms with van der Waals surface area (Å²) in [5.74, 6) is -2.04. The van der Waals surface area contributed by atoms with E-state index in [9.17, 15) is 19.2 Å². The van der Waals surface area contributed by atoms with E-state index in [1.165, 1.54) is 4.90 Å². The van der Waals surface area contributed by atoms with Crippen LogP contribution in [0.5, 0.6) is 0 Å². The van der Waals surface area contributed by atoms with Crippen LogP contribution >= 0.6 is 0 Å². The Morgan fingerprint density at radius 2 is 1.85 bits per heavy atom. The van der Waals surface area contributed by atoms with Gasteiger partial charge in [-0.1, -0.05) is 13.8 Å². The predicted octanol–water partition coefficient (Wildman–Crippen LogP) is 1.12. The maximum atomic E-state index is 12.7. The summed E-state index contributed by atoms with van der Waals surface area (Å²) in [5.41, 5.74) is -0.669. The largest absolute Gasteiger partial charge is 0.480 e. The molecule has 1 fully saturated rings. The van der Waals surface area contributed by atoms with Crippen molar-refractivity contribution in [2.75, 3.05) is 13.1 Å². The quantitative estimate of drug-likeness (QED) is 0.603. The predicted molar refractivity (Wildman–Crippen MR) is 98.0 cm³/mol. The van der Waals surface area contributed by atoms with Crippen molar-refractivity contribution in [3.8, 4) is 0 Å². The lowest BCUT2D eigenvalue weighted by atomic mass is 10.0. The average molecular weight is 385 g/mol. The third kappa shape index (κ3) is 7.84. The first-order chi connectivity index (χ1) is 12.4. The van der Waals surface area contributed by atoms with E-state index in [2.05, 4.69) is 10.6 Å². The van der Waals surface area contributed by atoms with Crippen LogP contribution in [-0.2, 0) is 19.1 Å². The van der Waals surface area contributed by atoms with Crippen LogP contribution in [0.25, 0.3) is 0 Å². The molecule has 0 bridgehead atoms. The van der Waals surface area contributed by atoms with Crippen molar-refractivity contribution in [2.45, 2.75) is 71.6 Å². The Bertz CT molecular complexity index is 570. The highest BCUT2D eigenvalue weighted by Gasteiger charge is 2.38. The molecule has 3 N–H and O–H groups in total. The van der Waals surface area contributed by atoms with Crippen LogP contribution < -0.4 is 10.6 Å². The number of rotatable bonds is 7. The Balaban J connectivity index is 2.79. The lowest BCUT2D eigenvalue weighted by molar-refractivity contribution is -0.138. The SMILES string of the molecule is CC(C)C[C@H](NC(=O)[C@H]1CCCN1C(=O)OC(C)(C)C)C(=O)NCC(=O)O. The molecule has 1 aliphatic heterocycles. The number of carboxylic acid groups (broad SMARTS) is 1. The number of ether oxygens (including phenoxy) is 1. The molecule has 27 heavy (non-hydrogen) atoms. The molecule has 0 aromatic heterocycles. The second-order valence-corrected chi connectivity index (χ2v) is 8.13. The monoisotopic (exact) mass is 385 g/mol. The molecule has 9 nitrogen and oxygen atoms in total. The van der Waals surface area contributed by atoms with Gasteiger partial charge < -0.3 is 20.5 Å². The normalized spacial score (nSPS) is 18.1. The zero-order valence-electron chi connectivity index (χ0n) is 16.7. The minimum atomic E-state index is -1.16. The molecule has 1 aliphatic rings. The second-order valence-electron chi connectivity index (χ2n) is 8.13. The average Bonchev–Trinajstić information content (AvgIpc) is 2.99. The van der Waals surface area contributed by atoms with Crippen molar-refractivity contribution in [3.63, 3.8) is 0 Å². The van der Waals surface area contributed by atoms with Gasteiger partial charge in [0, 0.05) is 6.54 Å². The number of carbonyl (C=O) groups excluding carboxylic acids is 3. The molecule has 0 aliphatic carbocycles. The highest BCUT2D eigenvalue weighted by atomic mass is 16.6. The first-order valence-corrected chi connectivity index (χ1v) is 9.20. The van der Waals surface area contributed by atoms with Crippen molar-refractivity contribution >= 4 is 23.9 Å². The van der Waals surface area contributed by atoms with E-state index in [0.717, 1.165) is 0 Å². The number of amides is 3. The summed E-state index contributed by atoms with van der Waals surface area (Å²) in [5, 5.41) is 13.7. The lowest BCUT2D eigenvalue weighted by Crippen LogP contribution is -2.54. The third-order valence-corrected chi connectivity index (χ3v) is 3.94. The summed E-state index contributed by atoms with van der Waals surface area (Å²) in [6.45, 7) is 8.94. The van der Waals surface area contributed by atoms with Crippen LogP contribution in [0.3, 0.4) is 0 Å². The summed E-state index contributed by atoms with van der Waals surface area (Å²) >= 11 is 0. The number of hydrogen-bond acceptors (Lipinski definition) is 5. The fourth-order valence-corrected chi connectivity index (χ4v) is 2.84. The van der Waals surface area contributed by atoms with E-state index in [4.69, 9.17) is 9.84 Å². The molecule has 1 heterocycles. The standard InChI is InChI=1S/C18H31N3O6/c1-11(2)9-12(15(24)19-10-14(22)23)20-16(25)13-7-6-8-21(13)17(26)27-18(3,4)5/h11-13H,6-10H2,1-5H3,(H,19,24)(H,20,25)(H,22,23)/t12-,13+/m0/s1. The summed E-state index contributed by atoms with van der Waals surface area (Å²) in [6.07, 6.45) is 0.945. The number of carboxylic acids is 1. The number of nitrogens with zero attached hydrogens (tertiary/aromatic N) is 1. The Labute approximate surface area is 159 Å². The lowest BCUT2D eigenvalue weighted by Gasteiger charge is -2.29. The molecule has 0 saturated carbocycles. The molecule has 0 aromatic carbocycles. The van der Waals surface area contributed by atoms with Crippen molar-refractivity contribution in [3.05, 3.63) is 0 Å². The van der Waals surface area contributed by atoms with Gasteiger partial charge in [0.05, 0.1) is 0 Å². The molecule has 1 saturated heterocycles. The zero-order valence-corrected chi connectivity index (χ0v) is 16.7. The van der Waals surface area contributed by atoms with Crippen LogP contribution in [0, 0.1) is 5.92 Å². The molecular formula is C18H31N3O6. The van der Waals surface area contributed by atoms with Gasteiger partial charge in [-0.3, -0.25) is 19.3 Å². The van der Waals surface area contributed by atoms with Gasteiger partial charge in [-0.15, -0.1) is 0 Å². The first kappa shape index (κ1) is 22.7. The highest BCUT2D eigenvalue weighted by Crippen LogP contribution is 2.21. The van der Waals surface area contributed by atoms with E-state index in [0.29, 0.717) is 25.8 Å². The molecule has 2 atom stereocenters. The number of aliphatic carboxylic acids is 1. The van der Waals surface area contributed by atoms with Crippen LogP contribution in [0.15, 0.2) is 0 Å². The fourth-order valence-electron chi connectivity index (χ4n) is 2.84. The van der Waals surface area contributed by atoms with E-state index < -0.39 is 48.1 Å². The minimum Gasteiger partial charge on any atom is -0.480 e. The molecule has 0 aromatic rings. The first-order valence-electron chi connectivity index (χ1n) is 9.20. The molecule has 0 unspecified atom stereocenters. The Hall–Kier alpha value is -2.32.